The average molecular weight is 421 g/mol. The van der Waals surface area contributed by atoms with Crippen molar-refractivity contribution in [2.45, 2.75) is 27.0 Å². The first-order valence-electron chi connectivity index (χ1n) is 8.64. The van der Waals surface area contributed by atoms with Gasteiger partial charge in [0.1, 0.15) is 6.23 Å². The number of carbonyl (C=O) groups is 1. The van der Waals surface area contributed by atoms with Crippen molar-refractivity contribution >= 4 is 27.5 Å². The van der Waals surface area contributed by atoms with Crippen LogP contribution < -0.4 is 14.8 Å². The molecule has 5 nitrogen and oxygen atoms in total. The average Bonchev–Trinajstić information content (AvgIpc) is 2.63. The van der Waals surface area contributed by atoms with E-state index in [0.717, 1.165) is 17.6 Å². The Balaban J connectivity index is 2.19. The largest absolute Gasteiger partial charge is 0.493 e. The van der Waals surface area contributed by atoms with Gasteiger partial charge in [0, 0.05) is 21.8 Å². The Bertz CT molecular complexity index is 748. The van der Waals surface area contributed by atoms with E-state index in [-0.39, 0.29) is 12.1 Å². The van der Waals surface area contributed by atoms with E-state index < -0.39 is 0 Å². The summed E-state index contributed by atoms with van der Waals surface area (Å²) in [6, 6.07) is 12.6. The van der Waals surface area contributed by atoms with Gasteiger partial charge in [-0.3, -0.25) is 9.69 Å². The molecule has 1 N–H and O–H groups in total. The number of anilines is 1. The summed E-state index contributed by atoms with van der Waals surface area (Å²) in [5, 5.41) is 2.90. The van der Waals surface area contributed by atoms with Crippen molar-refractivity contribution in [2.24, 2.45) is 0 Å². The van der Waals surface area contributed by atoms with Gasteiger partial charge in [-0.25, -0.2) is 0 Å². The van der Waals surface area contributed by atoms with E-state index in [1.807, 2.05) is 19.1 Å². The Kier molecular flexibility index (Phi) is 7.48. The Labute approximate surface area is 163 Å². The van der Waals surface area contributed by atoms with Gasteiger partial charge in [0.25, 0.3) is 5.91 Å². The first-order valence-corrected chi connectivity index (χ1v) is 9.43. The molecular weight excluding hydrogens is 396 g/mol. The van der Waals surface area contributed by atoms with Crippen LogP contribution in [0.5, 0.6) is 11.5 Å². The lowest BCUT2D eigenvalue weighted by Crippen LogP contribution is -2.36. The highest BCUT2D eigenvalue weighted by Gasteiger charge is 2.16. The van der Waals surface area contributed by atoms with E-state index in [1.165, 1.54) is 0 Å². The summed E-state index contributed by atoms with van der Waals surface area (Å²) >= 11 is 3.38. The van der Waals surface area contributed by atoms with Gasteiger partial charge in [0.2, 0.25) is 0 Å². The molecule has 0 aliphatic rings. The van der Waals surface area contributed by atoms with E-state index >= 15 is 0 Å². The molecule has 0 aliphatic heterocycles. The molecular formula is C20H25BrN2O3. The van der Waals surface area contributed by atoms with Crippen LogP contribution in [0.3, 0.4) is 0 Å². The molecule has 2 aromatic rings. The molecule has 0 saturated carbocycles. The molecule has 0 bridgehead atoms. The van der Waals surface area contributed by atoms with Crippen LogP contribution in [0, 0.1) is 0 Å². The lowest BCUT2D eigenvalue weighted by molar-refractivity contribution is 0.0459. The first-order chi connectivity index (χ1) is 12.5. The van der Waals surface area contributed by atoms with Crippen LogP contribution in [0.15, 0.2) is 46.9 Å². The summed E-state index contributed by atoms with van der Waals surface area (Å²) in [6.07, 6.45) is -0.102. The molecule has 0 aromatic heterocycles. The molecule has 0 saturated heterocycles. The molecule has 0 heterocycles. The van der Waals surface area contributed by atoms with Crippen LogP contribution in [0.1, 0.15) is 31.1 Å². The van der Waals surface area contributed by atoms with Crippen molar-refractivity contribution < 1.29 is 14.3 Å². The van der Waals surface area contributed by atoms with Gasteiger partial charge in [-0.05, 0) is 50.3 Å². The zero-order valence-electron chi connectivity index (χ0n) is 15.6. The van der Waals surface area contributed by atoms with Gasteiger partial charge in [0.15, 0.2) is 11.5 Å². The second kappa shape index (κ2) is 9.59. The predicted octanol–water partition coefficient (Wildman–Crippen LogP) is 4.78. The summed E-state index contributed by atoms with van der Waals surface area (Å²) in [6.45, 7) is 7.96. The van der Waals surface area contributed by atoms with E-state index in [4.69, 9.17) is 9.47 Å². The molecule has 0 radical (unpaired) electrons. The Morgan fingerprint density at radius 1 is 1.15 bits per heavy atom. The fourth-order valence-corrected chi connectivity index (χ4v) is 3.07. The maximum absolute atomic E-state index is 12.4. The highest BCUT2D eigenvalue weighted by Crippen LogP contribution is 2.31. The number of hydrogen-bond donors (Lipinski definition) is 1. The summed E-state index contributed by atoms with van der Waals surface area (Å²) in [4.78, 5) is 14.6. The molecule has 1 unspecified atom stereocenters. The first kappa shape index (κ1) is 20.3. The number of hydrogen-bond acceptors (Lipinski definition) is 4. The van der Waals surface area contributed by atoms with Crippen molar-refractivity contribution in [1.29, 1.82) is 0 Å². The number of carbonyl (C=O) groups excluding carboxylic acids is 1. The summed E-state index contributed by atoms with van der Waals surface area (Å²) in [5.74, 6) is 1.04. The Morgan fingerprint density at radius 3 is 2.50 bits per heavy atom. The second-order valence-corrected chi connectivity index (χ2v) is 6.68. The van der Waals surface area contributed by atoms with Crippen molar-refractivity contribution in [3.8, 4) is 11.5 Å². The number of ether oxygens (including phenoxy) is 2. The third-order valence-corrected chi connectivity index (χ3v) is 4.63. The van der Waals surface area contributed by atoms with Gasteiger partial charge in [-0.1, -0.05) is 35.8 Å². The standard InChI is InChI=1S/C20H25BrN2O3/c1-5-23(6-2)14(3)26-19-13-17(10-11-18(19)25-4)22-20(24)15-8-7-9-16(21)12-15/h7-14H,5-6H2,1-4H3,(H,22,24). The zero-order valence-corrected chi connectivity index (χ0v) is 17.2. The summed E-state index contributed by atoms with van der Waals surface area (Å²) in [5.41, 5.74) is 1.23. The lowest BCUT2D eigenvalue weighted by atomic mass is 10.2. The minimum Gasteiger partial charge on any atom is -0.493 e. The lowest BCUT2D eigenvalue weighted by Gasteiger charge is -2.27. The van der Waals surface area contributed by atoms with Gasteiger partial charge >= 0.3 is 0 Å². The maximum atomic E-state index is 12.4. The van der Waals surface area contributed by atoms with Crippen LogP contribution in [-0.4, -0.2) is 37.2 Å². The van der Waals surface area contributed by atoms with Crippen molar-refractivity contribution in [3.05, 3.63) is 52.5 Å². The smallest absolute Gasteiger partial charge is 0.255 e. The molecule has 0 fully saturated rings. The van der Waals surface area contributed by atoms with Crippen molar-refractivity contribution in [3.63, 3.8) is 0 Å². The molecule has 2 rings (SSSR count). The highest BCUT2D eigenvalue weighted by molar-refractivity contribution is 9.10. The van der Waals surface area contributed by atoms with Crippen LogP contribution >= 0.6 is 15.9 Å². The summed E-state index contributed by atoms with van der Waals surface area (Å²) < 4.78 is 12.3. The third-order valence-electron chi connectivity index (χ3n) is 4.13. The number of nitrogens with zero attached hydrogens (tertiary/aromatic N) is 1. The van der Waals surface area contributed by atoms with E-state index in [9.17, 15) is 4.79 Å². The number of amides is 1. The molecule has 26 heavy (non-hydrogen) atoms. The van der Waals surface area contributed by atoms with E-state index in [1.54, 1.807) is 37.4 Å². The molecule has 6 heteroatoms. The minimum atomic E-state index is -0.181. The molecule has 0 aliphatic carbocycles. The number of benzene rings is 2. The number of halogens is 1. The molecule has 1 atom stereocenters. The number of nitrogens with one attached hydrogen (secondary N) is 1. The van der Waals surface area contributed by atoms with Gasteiger partial charge in [0.05, 0.1) is 7.11 Å². The minimum absolute atomic E-state index is 0.102. The molecule has 1 amide bonds. The fraction of sp³-hybridized carbons (Fsp3) is 0.350. The van der Waals surface area contributed by atoms with Crippen LogP contribution in [0.2, 0.25) is 0 Å². The Morgan fingerprint density at radius 2 is 1.88 bits per heavy atom. The SMILES string of the molecule is CCN(CC)C(C)Oc1cc(NC(=O)c2cccc(Br)c2)ccc1OC. The van der Waals surface area contributed by atoms with Gasteiger partial charge in [-0.15, -0.1) is 0 Å². The number of rotatable bonds is 8. The van der Waals surface area contributed by atoms with Gasteiger partial charge in [-0.2, -0.15) is 0 Å². The number of methoxy groups -OCH3 is 1. The predicted molar refractivity (Wildman–Crippen MR) is 108 cm³/mol. The maximum Gasteiger partial charge on any atom is 0.255 e. The molecule has 0 spiro atoms. The molecule has 2 aromatic carbocycles. The van der Waals surface area contributed by atoms with Crippen LogP contribution in [0.4, 0.5) is 5.69 Å². The van der Waals surface area contributed by atoms with E-state index in [0.29, 0.717) is 22.7 Å². The van der Waals surface area contributed by atoms with Gasteiger partial charge < -0.3 is 14.8 Å². The van der Waals surface area contributed by atoms with E-state index in [2.05, 4.69) is 40.0 Å². The fourth-order valence-electron chi connectivity index (χ4n) is 2.68. The van der Waals surface area contributed by atoms with Crippen molar-refractivity contribution in [2.75, 3.05) is 25.5 Å². The normalized spacial score (nSPS) is 11.9. The second-order valence-electron chi connectivity index (χ2n) is 5.77. The van der Waals surface area contributed by atoms with Crippen molar-refractivity contribution in [1.82, 2.24) is 4.90 Å². The van der Waals surface area contributed by atoms with Crippen LogP contribution in [0.25, 0.3) is 0 Å². The Hall–Kier alpha value is -2.05. The summed E-state index contributed by atoms with van der Waals surface area (Å²) in [7, 11) is 1.60. The topological polar surface area (TPSA) is 50.8 Å². The highest BCUT2D eigenvalue weighted by atomic mass is 79.9. The molecule has 140 valence electrons. The van der Waals surface area contributed by atoms with Crippen LogP contribution in [-0.2, 0) is 0 Å². The quantitative estimate of drug-likeness (QED) is 0.624. The zero-order chi connectivity index (χ0) is 19.1. The monoisotopic (exact) mass is 420 g/mol. The third kappa shape index (κ3) is 5.22.